The summed E-state index contributed by atoms with van der Waals surface area (Å²) in [5.41, 5.74) is 5.16. The molecule has 1 rings (SSSR count). The van der Waals surface area contributed by atoms with Crippen LogP contribution < -0.4 is 5.73 Å². The molecule has 6 heteroatoms. The Morgan fingerprint density at radius 1 is 1.60 bits per heavy atom. The first-order valence-electron chi connectivity index (χ1n) is 4.15. The average Bonchev–Trinajstić information content (AvgIpc) is 2.26. The highest BCUT2D eigenvalue weighted by molar-refractivity contribution is 5.39. The van der Waals surface area contributed by atoms with Gasteiger partial charge in [0.25, 0.3) is 6.43 Å². The van der Waals surface area contributed by atoms with Gasteiger partial charge in [-0.25, -0.2) is 13.8 Å². The molecule has 0 unspecified atom stereocenters. The number of nitrogens with zero attached hydrogens (tertiary/aromatic N) is 2. The van der Waals surface area contributed by atoms with Gasteiger partial charge in [-0.2, -0.15) is 5.26 Å². The Balaban J connectivity index is 3.37. The van der Waals surface area contributed by atoms with Crippen LogP contribution in [0.25, 0.3) is 0 Å². The van der Waals surface area contributed by atoms with Gasteiger partial charge in [-0.3, -0.25) is 0 Å². The van der Waals surface area contributed by atoms with Crippen molar-refractivity contribution < 1.29 is 13.9 Å². The summed E-state index contributed by atoms with van der Waals surface area (Å²) in [4.78, 5) is 3.44. The van der Waals surface area contributed by atoms with Crippen molar-refractivity contribution in [3.05, 3.63) is 28.6 Å². The first-order valence-corrected chi connectivity index (χ1v) is 4.15. The number of pyridine rings is 1. The average molecular weight is 213 g/mol. The molecule has 0 aliphatic rings. The summed E-state index contributed by atoms with van der Waals surface area (Å²) in [6, 6.07) is 2.76. The van der Waals surface area contributed by atoms with Gasteiger partial charge in [-0.05, 0) is 11.6 Å². The van der Waals surface area contributed by atoms with Crippen LogP contribution in [0.1, 0.15) is 28.9 Å². The van der Waals surface area contributed by atoms with Crippen LogP contribution in [0.2, 0.25) is 0 Å². The van der Waals surface area contributed by atoms with E-state index in [9.17, 15) is 8.78 Å². The third kappa shape index (κ3) is 2.26. The minimum atomic E-state index is -2.75. The van der Waals surface area contributed by atoms with Crippen molar-refractivity contribution in [1.82, 2.24) is 4.98 Å². The Bertz CT molecular complexity index is 401. The van der Waals surface area contributed by atoms with Crippen molar-refractivity contribution in [1.29, 1.82) is 5.26 Å². The van der Waals surface area contributed by atoms with E-state index >= 15 is 0 Å². The third-order valence-electron chi connectivity index (χ3n) is 1.94. The van der Waals surface area contributed by atoms with Crippen LogP contribution in [0.5, 0.6) is 0 Å². The maximum atomic E-state index is 12.4. The van der Waals surface area contributed by atoms with Gasteiger partial charge < -0.3 is 10.8 Å². The summed E-state index contributed by atoms with van der Waals surface area (Å²) in [6.45, 7) is -0.460. The number of alkyl halides is 2. The molecule has 1 heterocycles. The van der Waals surface area contributed by atoms with E-state index in [1.807, 2.05) is 0 Å². The zero-order valence-electron chi connectivity index (χ0n) is 7.74. The van der Waals surface area contributed by atoms with Crippen LogP contribution >= 0.6 is 0 Å². The normalized spacial score (nSPS) is 10.4. The van der Waals surface area contributed by atoms with Crippen LogP contribution in [0, 0.1) is 11.3 Å². The number of hydrogen-bond acceptors (Lipinski definition) is 4. The Morgan fingerprint density at radius 2 is 2.27 bits per heavy atom. The van der Waals surface area contributed by atoms with Crippen molar-refractivity contribution in [2.75, 3.05) is 0 Å². The number of aliphatic hydroxyl groups excluding tert-OH is 1. The number of rotatable bonds is 3. The molecule has 3 N–H and O–H groups in total. The molecule has 0 bridgehead atoms. The van der Waals surface area contributed by atoms with E-state index in [1.54, 1.807) is 6.07 Å². The van der Waals surface area contributed by atoms with Gasteiger partial charge in [-0.15, -0.1) is 0 Å². The SMILES string of the molecule is N#Cc1nc(C(F)F)cc(CN)c1CO. The predicted molar refractivity (Wildman–Crippen MR) is 47.7 cm³/mol. The Hall–Kier alpha value is -1.58. The fourth-order valence-corrected chi connectivity index (χ4v) is 1.21. The zero-order valence-corrected chi connectivity index (χ0v) is 7.74. The van der Waals surface area contributed by atoms with E-state index in [-0.39, 0.29) is 17.8 Å². The number of aromatic nitrogens is 1. The molecule has 1 aromatic rings. The molecule has 80 valence electrons. The fourth-order valence-electron chi connectivity index (χ4n) is 1.21. The van der Waals surface area contributed by atoms with Crippen molar-refractivity contribution in [3.8, 4) is 6.07 Å². The smallest absolute Gasteiger partial charge is 0.280 e. The lowest BCUT2D eigenvalue weighted by Crippen LogP contribution is -2.08. The second-order valence-corrected chi connectivity index (χ2v) is 2.81. The Kier molecular flexibility index (Phi) is 3.66. The quantitative estimate of drug-likeness (QED) is 0.779. The van der Waals surface area contributed by atoms with Crippen LogP contribution in [0.15, 0.2) is 6.07 Å². The maximum Gasteiger partial charge on any atom is 0.280 e. The lowest BCUT2D eigenvalue weighted by molar-refractivity contribution is 0.145. The van der Waals surface area contributed by atoms with Gasteiger partial charge >= 0.3 is 0 Å². The molecule has 0 saturated carbocycles. The molecule has 15 heavy (non-hydrogen) atoms. The topological polar surface area (TPSA) is 82.9 Å². The summed E-state index contributed by atoms with van der Waals surface area (Å²) in [7, 11) is 0. The van der Waals surface area contributed by atoms with Crippen molar-refractivity contribution in [2.24, 2.45) is 5.73 Å². The monoisotopic (exact) mass is 213 g/mol. The summed E-state index contributed by atoms with van der Waals surface area (Å²) in [5.74, 6) is 0. The van der Waals surface area contributed by atoms with Gasteiger partial charge in [0.15, 0.2) is 0 Å². The first-order chi connectivity index (χ1) is 7.13. The molecule has 0 saturated heterocycles. The van der Waals surface area contributed by atoms with Crippen molar-refractivity contribution in [3.63, 3.8) is 0 Å². The van der Waals surface area contributed by atoms with Gasteiger partial charge in [0.05, 0.1) is 6.61 Å². The second kappa shape index (κ2) is 4.77. The van der Waals surface area contributed by atoms with E-state index in [1.165, 1.54) is 0 Å². The van der Waals surface area contributed by atoms with Crippen LogP contribution in [-0.2, 0) is 13.2 Å². The molecule has 0 spiro atoms. The highest BCUT2D eigenvalue weighted by Crippen LogP contribution is 2.21. The molecule has 0 amide bonds. The number of aliphatic hydroxyl groups is 1. The Morgan fingerprint density at radius 3 is 2.67 bits per heavy atom. The number of nitrogens with two attached hydrogens (primary N) is 1. The van der Waals surface area contributed by atoms with E-state index < -0.39 is 18.7 Å². The molecular weight excluding hydrogens is 204 g/mol. The number of nitriles is 1. The van der Waals surface area contributed by atoms with E-state index in [0.717, 1.165) is 6.07 Å². The maximum absolute atomic E-state index is 12.4. The molecule has 0 aromatic carbocycles. The van der Waals surface area contributed by atoms with Crippen LogP contribution in [0.3, 0.4) is 0 Å². The van der Waals surface area contributed by atoms with Gasteiger partial charge in [0, 0.05) is 12.1 Å². The van der Waals surface area contributed by atoms with Crippen molar-refractivity contribution in [2.45, 2.75) is 19.6 Å². The lowest BCUT2D eigenvalue weighted by atomic mass is 10.1. The third-order valence-corrected chi connectivity index (χ3v) is 1.94. The molecule has 0 radical (unpaired) electrons. The highest BCUT2D eigenvalue weighted by Gasteiger charge is 2.16. The van der Waals surface area contributed by atoms with E-state index in [2.05, 4.69) is 4.98 Å². The van der Waals surface area contributed by atoms with Crippen LogP contribution in [0.4, 0.5) is 8.78 Å². The Labute approximate surface area is 85.0 Å². The zero-order chi connectivity index (χ0) is 11.4. The molecule has 0 atom stereocenters. The summed E-state index contributed by atoms with van der Waals surface area (Å²) < 4.78 is 24.7. The van der Waals surface area contributed by atoms with Gasteiger partial charge in [-0.1, -0.05) is 0 Å². The molecule has 0 aliphatic heterocycles. The summed E-state index contributed by atoms with van der Waals surface area (Å²) in [6.07, 6.45) is -2.75. The largest absolute Gasteiger partial charge is 0.392 e. The van der Waals surface area contributed by atoms with Gasteiger partial charge in [0.2, 0.25) is 0 Å². The molecule has 0 fully saturated rings. The molecule has 4 nitrogen and oxygen atoms in total. The van der Waals surface area contributed by atoms with E-state index in [0.29, 0.717) is 5.56 Å². The molecule has 0 aliphatic carbocycles. The van der Waals surface area contributed by atoms with E-state index in [4.69, 9.17) is 16.1 Å². The predicted octanol–water partition coefficient (Wildman–Crippen LogP) is 0.842. The highest BCUT2D eigenvalue weighted by atomic mass is 19.3. The standard InChI is InChI=1S/C9H9F2N3O/c10-9(11)7-1-5(2-12)6(4-15)8(3-13)14-7/h1,9,15H,2,4,12H2. The summed E-state index contributed by atoms with van der Waals surface area (Å²) >= 11 is 0. The molecule has 1 aromatic heterocycles. The molecular formula is C9H9F2N3O. The second-order valence-electron chi connectivity index (χ2n) is 2.81. The number of hydrogen-bond donors (Lipinski definition) is 2. The summed E-state index contributed by atoms with van der Waals surface area (Å²) in [5, 5.41) is 17.6. The fraction of sp³-hybridized carbons (Fsp3) is 0.333. The van der Waals surface area contributed by atoms with Crippen molar-refractivity contribution >= 4 is 0 Å². The van der Waals surface area contributed by atoms with Gasteiger partial charge in [0.1, 0.15) is 17.5 Å². The lowest BCUT2D eigenvalue weighted by Gasteiger charge is -2.09. The number of halogens is 2. The minimum Gasteiger partial charge on any atom is -0.392 e. The van der Waals surface area contributed by atoms with Crippen LogP contribution in [-0.4, -0.2) is 10.1 Å². The minimum absolute atomic E-state index is 0.0210. The first kappa shape index (κ1) is 11.5.